The van der Waals surface area contributed by atoms with Crippen molar-refractivity contribution in [3.8, 4) is 5.75 Å². The van der Waals surface area contributed by atoms with E-state index >= 15 is 0 Å². The van der Waals surface area contributed by atoms with Gasteiger partial charge in [0, 0.05) is 12.7 Å². The summed E-state index contributed by atoms with van der Waals surface area (Å²) >= 11 is 0. The average Bonchev–Trinajstić information content (AvgIpc) is 2.78. The zero-order valence-electron chi connectivity index (χ0n) is 17.8. The lowest BCUT2D eigenvalue weighted by Crippen LogP contribution is -2.26. The van der Waals surface area contributed by atoms with E-state index in [1.54, 1.807) is 36.4 Å². The van der Waals surface area contributed by atoms with Gasteiger partial charge in [0.2, 0.25) is 0 Å². The van der Waals surface area contributed by atoms with Crippen LogP contribution in [0.2, 0.25) is 0 Å². The van der Waals surface area contributed by atoms with Crippen LogP contribution in [0.1, 0.15) is 25.3 Å². The number of rotatable bonds is 8. The third-order valence-corrected chi connectivity index (χ3v) is 6.63. The largest absolute Gasteiger partial charge is 0.484 e. The summed E-state index contributed by atoms with van der Waals surface area (Å²) in [5, 5.41) is 2.71. The molecule has 1 N–H and O–H groups in total. The summed E-state index contributed by atoms with van der Waals surface area (Å²) in [4.78, 5) is 12.3. The number of anilines is 2. The fourth-order valence-electron chi connectivity index (χ4n) is 2.94. The molecule has 7 heteroatoms. The number of nitrogens with one attached hydrogen (secondary N) is 1. The number of amides is 1. The van der Waals surface area contributed by atoms with Gasteiger partial charge in [-0.2, -0.15) is 0 Å². The molecular weight excluding hydrogens is 412 g/mol. The number of nitrogens with zero attached hydrogens (tertiary/aromatic N) is 1. The molecule has 0 spiro atoms. The number of para-hydroxylation sites is 1. The van der Waals surface area contributed by atoms with Crippen LogP contribution >= 0.6 is 0 Å². The average molecular weight is 439 g/mol. The Bertz CT molecular complexity index is 1110. The SMILES string of the molecule is CC(C)c1ccc(OCC(=O)Nc2ccc(S(=O)(=O)N(C)c3ccccc3)cc2)cc1. The van der Waals surface area contributed by atoms with Crippen molar-refractivity contribution in [3.05, 3.63) is 84.4 Å². The van der Waals surface area contributed by atoms with Crippen molar-refractivity contribution in [2.24, 2.45) is 0 Å². The van der Waals surface area contributed by atoms with Crippen LogP contribution in [0.4, 0.5) is 11.4 Å². The molecule has 0 aliphatic carbocycles. The third-order valence-electron chi connectivity index (χ3n) is 4.83. The predicted molar refractivity (Wildman–Crippen MR) is 123 cm³/mol. The lowest BCUT2D eigenvalue weighted by molar-refractivity contribution is -0.118. The lowest BCUT2D eigenvalue weighted by Gasteiger charge is -2.19. The zero-order valence-corrected chi connectivity index (χ0v) is 18.6. The molecule has 31 heavy (non-hydrogen) atoms. The minimum Gasteiger partial charge on any atom is -0.484 e. The minimum absolute atomic E-state index is 0.137. The van der Waals surface area contributed by atoms with Gasteiger partial charge in [-0.25, -0.2) is 8.42 Å². The summed E-state index contributed by atoms with van der Waals surface area (Å²) in [6.45, 7) is 4.08. The highest BCUT2D eigenvalue weighted by Crippen LogP contribution is 2.23. The molecule has 0 heterocycles. The molecule has 0 atom stereocenters. The number of benzene rings is 3. The second-order valence-corrected chi connectivity index (χ2v) is 9.36. The predicted octanol–water partition coefficient (Wildman–Crippen LogP) is 4.65. The Morgan fingerprint density at radius 1 is 0.935 bits per heavy atom. The van der Waals surface area contributed by atoms with E-state index in [1.807, 2.05) is 30.3 Å². The van der Waals surface area contributed by atoms with Gasteiger partial charge in [0.1, 0.15) is 5.75 Å². The smallest absolute Gasteiger partial charge is 0.264 e. The van der Waals surface area contributed by atoms with Crippen molar-refractivity contribution in [1.29, 1.82) is 0 Å². The molecule has 0 aliphatic rings. The van der Waals surface area contributed by atoms with Crippen molar-refractivity contribution in [2.45, 2.75) is 24.7 Å². The fraction of sp³-hybridized carbons (Fsp3) is 0.208. The Labute approximate surface area is 183 Å². The molecule has 0 saturated heterocycles. The highest BCUT2D eigenvalue weighted by molar-refractivity contribution is 7.92. The van der Waals surface area contributed by atoms with Crippen LogP contribution < -0.4 is 14.4 Å². The van der Waals surface area contributed by atoms with Gasteiger partial charge in [0.25, 0.3) is 15.9 Å². The second kappa shape index (κ2) is 9.66. The van der Waals surface area contributed by atoms with Gasteiger partial charge < -0.3 is 10.1 Å². The van der Waals surface area contributed by atoms with Crippen molar-refractivity contribution in [2.75, 3.05) is 23.3 Å². The van der Waals surface area contributed by atoms with Gasteiger partial charge in [-0.3, -0.25) is 9.10 Å². The summed E-state index contributed by atoms with van der Waals surface area (Å²) < 4.78 is 32.4. The first-order valence-corrected chi connectivity index (χ1v) is 11.4. The minimum atomic E-state index is -3.70. The summed E-state index contributed by atoms with van der Waals surface area (Å²) in [5.74, 6) is 0.714. The molecule has 0 saturated carbocycles. The molecule has 0 radical (unpaired) electrons. The van der Waals surface area contributed by atoms with Crippen LogP contribution in [0.3, 0.4) is 0 Å². The first-order chi connectivity index (χ1) is 14.8. The molecule has 0 fully saturated rings. The van der Waals surface area contributed by atoms with E-state index in [4.69, 9.17) is 4.74 Å². The van der Waals surface area contributed by atoms with E-state index in [1.165, 1.54) is 29.0 Å². The Kier molecular flexibility index (Phi) is 6.97. The van der Waals surface area contributed by atoms with Gasteiger partial charge in [0.05, 0.1) is 10.6 Å². The maximum absolute atomic E-state index is 12.8. The summed E-state index contributed by atoms with van der Waals surface area (Å²) in [7, 11) is -2.19. The van der Waals surface area contributed by atoms with E-state index in [-0.39, 0.29) is 17.4 Å². The number of hydrogen-bond donors (Lipinski definition) is 1. The maximum Gasteiger partial charge on any atom is 0.264 e. The highest BCUT2D eigenvalue weighted by atomic mass is 32.2. The summed E-state index contributed by atoms with van der Waals surface area (Å²) in [6, 6.07) is 22.5. The van der Waals surface area contributed by atoms with Crippen LogP contribution in [-0.4, -0.2) is 28.0 Å². The molecule has 0 bridgehead atoms. The first kappa shape index (κ1) is 22.4. The number of carbonyl (C=O) groups is 1. The van der Waals surface area contributed by atoms with Crippen molar-refractivity contribution < 1.29 is 17.9 Å². The lowest BCUT2D eigenvalue weighted by atomic mass is 10.0. The standard InChI is InChI=1S/C24H26N2O4S/c1-18(2)19-9-13-22(14-10-19)30-17-24(27)25-20-11-15-23(16-12-20)31(28,29)26(3)21-7-5-4-6-8-21/h4-16,18H,17H2,1-3H3,(H,25,27). The first-order valence-electron chi connectivity index (χ1n) is 9.94. The Morgan fingerprint density at radius 2 is 1.55 bits per heavy atom. The molecule has 0 unspecified atom stereocenters. The Hall–Kier alpha value is -3.32. The molecule has 1 amide bonds. The molecule has 3 aromatic carbocycles. The topological polar surface area (TPSA) is 75.7 Å². The number of sulfonamides is 1. The van der Waals surface area contributed by atoms with E-state index in [0.717, 1.165) is 0 Å². The molecule has 162 valence electrons. The van der Waals surface area contributed by atoms with Crippen LogP contribution in [0.15, 0.2) is 83.8 Å². The van der Waals surface area contributed by atoms with E-state index in [2.05, 4.69) is 19.2 Å². The van der Waals surface area contributed by atoms with Crippen molar-refractivity contribution >= 4 is 27.3 Å². The normalized spacial score (nSPS) is 11.2. The van der Waals surface area contributed by atoms with E-state index in [0.29, 0.717) is 23.0 Å². The van der Waals surface area contributed by atoms with Crippen LogP contribution in [-0.2, 0) is 14.8 Å². The van der Waals surface area contributed by atoms with Crippen molar-refractivity contribution in [1.82, 2.24) is 0 Å². The maximum atomic E-state index is 12.8. The third kappa shape index (κ3) is 5.64. The highest BCUT2D eigenvalue weighted by Gasteiger charge is 2.21. The van der Waals surface area contributed by atoms with Crippen LogP contribution in [0.5, 0.6) is 5.75 Å². The summed E-state index contributed by atoms with van der Waals surface area (Å²) in [6.07, 6.45) is 0. The van der Waals surface area contributed by atoms with E-state index < -0.39 is 10.0 Å². The number of ether oxygens (including phenoxy) is 1. The zero-order chi connectivity index (χ0) is 22.4. The van der Waals surface area contributed by atoms with Gasteiger partial charge in [-0.05, 0) is 60.0 Å². The molecule has 6 nitrogen and oxygen atoms in total. The van der Waals surface area contributed by atoms with Crippen LogP contribution in [0.25, 0.3) is 0 Å². The summed E-state index contributed by atoms with van der Waals surface area (Å²) in [5.41, 5.74) is 2.26. The fourth-order valence-corrected chi connectivity index (χ4v) is 4.14. The van der Waals surface area contributed by atoms with Gasteiger partial charge in [-0.1, -0.05) is 44.2 Å². The molecule has 0 aliphatic heterocycles. The van der Waals surface area contributed by atoms with Gasteiger partial charge in [0.15, 0.2) is 6.61 Å². The van der Waals surface area contributed by atoms with Gasteiger partial charge in [-0.15, -0.1) is 0 Å². The monoisotopic (exact) mass is 438 g/mol. The van der Waals surface area contributed by atoms with E-state index in [9.17, 15) is 13.2 Å². The molecule has 3 rings (SSSR count). The molecule has 0 aromatic heterocycles. The number of hydrogen-bond acceptors (Lipinski definition) is 4. The van der Waals surface area contributed by atoms with Crippen LogP contribution in [0, 0.1) is 0 Å². The Balaban J connectivity index is 1.59. The van der Waals surface area contributed by atoms with Gasteiger partial charge >= 0.3 is 0 Å². The molecule has 3 aromatic rings. The molecular formula is C24H26N2O4S. The Morgan fingerprint density at radius 3 is 2.13 bits per heavy atom. The van der Waals surface area contributed by atoms with Crippen molar-refractivity contribution in [3.63, 3.8) is 0 Å². The number of carbonyl (C=O) groups excluding carboxylic acids is 1. The quantitative estimate of drug-likeness (QED) is 0.555. The second-order valence-electron chi connectivity index (χ2n) is 7.39.